The highest BCUT2D eigenvalue weighted by molar-refractivity contribution is 7.80. The zero-order chi connectivity index (χ0) is 20.8. The third-order valence-electron chi connectivity index (χ3n) is 5.36. The van der Waals surface area contributed by atoms with Crippen LogP contribution in [0.3, 0.4) is 0 Å². The molecule has 0 fully saturated rings. The van der Waals surface area contributed by atoms with E-state index in [0.29, 0.717) is 24.7 Å². The molecule has 1 aromatic rings. The first-order valence-electron chi connectivity index (χ1n) is 10.8. The molecule has 3 rings (SSSR count). The SMILES string of the molecule is CCCCOc1ccc(C2NC(=S)N(CCC)C3=C2C(=O)CCC3)cc1OCC. The van der Waals surface area contributed by atoms with Crippen LogP contribution < -0.4 is 14.8 Å². The molecule has 1 aliphatic carbocycles. The summed E-state index contributed by atoms with van der Waals surface area (Å²) in [6.07, 6.45) is 5.45. The molecule has 1 aromatic carbocycles. The lowest BCUT2D eigenvalue weighted by molar-refractivity contribution is -0.116. The summed E-state index contributed by atoms with van der Waals surface area (Å²) < 4.78 is 11.8. The predicted molar refractivity (Wildman–Crippen MR) is 119 cm³/mol. The Morgan fingerprint density at radius 1 is 1.14 bits per heavy atom. The molecule has 29 heavy (non-hydrogen) atoms. The number of carbonyl (C=O) groups excluding carboxylic acids is 1. The molecule has 1 unspecified atom stereocenters. The van der Waals surface area contributed by atoms with Crippen molar-refractivity contribution in [1.82, 2.24) is 10.2 Å². The Morgan fingerprint density at radius 3 is 2.69 bits per heavy atom. The van der Waals surface area contributed by atoms with Gasteiger partial charge in [0, 0.05) is 24.2 Å². The molecule has 1 aliphatic heterocycles. The normalized spacial score (nSPS) is 19.1. The molecular weight excluding hydrogens is 384 g/mol. The van der Waals surface area contributed by atoms with Crippen LogP contribution in [0, 0.1) is 0 Å². The third-order valence-corrected chi connectivity index (χ3v) is 5.70. The summed E-state index contributed by atoms with van der Waals surface area (Å²) in [4.78, 5) is 15.0. The minimum atomic E-state index is -0.234. The molecule has 6 heteroatoms. The van der Waals surface area contributed by atoms with Gasteiger partial charge in [-0.1, -0.05) is 26.3 Å². The summed E-state index contributed by atoms with van der Waals surface area (Å²) in [5.74, 6) is 1.68. The number of unbranched alkanes of at least 4 members (excludes halogenated alkanes) is 1. The molecule has 1 heterocycles. The second-order valence-electron chi connectivity index (χ2n) is 7.51. The lowest BCUT2D eigenvalue weighted by Gasteiger charge is -2.41. The van der Waals surface area contributed by atoms with Gasteiger partial charge in [0.1, 0.15) is 0 Å². The summed E-state index contributed by atoms with van der Waals surface area (Å²) in [6, 6.07) is 5.73. The van der Waals surface area contributed by atoms with Crippen molar-refractivity contribution in [1.29, 1.82) is 0 Å². The first-order valence-corrected chi connectivity index (χ1v) is 11.2. The standard InChI is InChI=1S/C23H32N2O3S/c1-4-7-14-28-19-12-11-16(15-20(19)27-6-3)22-21-17(9-8-10-18(21)26)25(13-5-2)23(29)24-22/h11-12,15,22H,4-10,13-14H2,1-3H3,(H,24,29). The number of hydrogen-bond acceptors (Lipinski definition) is 4. The molecule has 1 atom stereocenters. The van der Waals surface area contributed by atoms with E-state index in [2.05, 4.69) is 24.1 Å². The Hall–Kier alpha value is -2.08. The second-order valence-corrected chi connectivity index (χ2v) is 7.90. The Kier molecular flexibility index (Phi) is 7.53. The fraction of sp³-hybridized carbons (Fsp3) is 0.565. The molecule has 0 spiro atoms. The first-order chi connectivity index (χ1) is 14.1. The monoisotopic (exact) mass is 416 g/mol. The molecular formula is C23H32N2O3S. The van der Waals surface area contributed by atoms with E-state index >= 15 is 0 Å². The maximum absolute atomic E-state index is 12.9. The van der Waals surface area contributed by atoms with Crippen LogP contribution >= 0.6 is 12.2 Å². The van der Waals surface area contributed by atoms with Gasteiger partial charge in [-0.15, -0.1) is 0 Å². The summed E-state index contributed by atoms with van der Waals surface area (Å²) in [6.45, 7) is 8.29. The van der Waals surface area contributed by atoms with Gasteiger partial charge in [-0.25, -0.2) is 0 Å². The quantitative estimate of drug-likeness (QED) is 0.456. The Bertz CT molecular complexity index is 790. The average molecular weight is 417 g/mol. The zero-order valence-electron chi connectivity index (χ0n) is 17.8. The van der Waals surface area contributed by atoms with Crippen molar-refractivity contribution in [3.63, 3.8) is 0 Å². The van der Waals surface area contributed by atoms with Gasteiger partial charge in [0.15, 0.2) is 22.4 Å². The number of rotatable bonds is 9. The van der Waals surface area contributed by atoms with Crippen molar-refractivity contribution in [3.05, 3.63) is 35.0 Å². The first kappa shape index (κ1) is 21.6. The van der Waals surface area contributed by atoms with Gasteiger partial charge in [-0.2, -0.15) is 0 Å². The molecule has 0 aromatic heterocycles. The molecule has 2 aliphatic rings. The Labute approximate surface area is 179 Å². The van der Waals surface area contributed by atoms with E-state index in [4.69, 9.17) is 21.7 Å². The van der Waals surface area contributed by atoms with Gasteiger partial charge in [0.25, 0.3) is 0 Å². The molecule has 5 nitrogen and oxygen atoms in total. The predicted octanol–water partition coefficient (Wildman–Crippen LogP) is 4.91. The van der Waals surface area contributed by atoms with Gasteiger partial charge >= 0.3 is 0 Å². The van der Waals surface area contributed by atoms with E-state index in [-0.39, 0.29) is 11.8 Å². The highest BCUT2D eigenvalue weighted by atomic mass is 32.1. The van der Waals surface area contributed by atoms with Crippen molar-refractivity contribution in [2.75, 3.05) is 19.8 Å². The number of allylic oxidation sites excluding steroid dienone is 1. The van der Waals surface area contributed by atoms with Crippen molar-refractivity contribution >= 4 is 23.1 Å². The van der Waals surface area contributed by atoms with E-state index < -0.39 is 0 Å². The van der Waals surface area contributed by atoms with Gasteiger partial charge in [-0.3, -0.25) is 4.79 Å². The van der Waals surface area contributed by atoms with Crippen LogP contribution in [0.15, 0.2) is 29.5 Å². The fourth-order valence-electron chi connectivity index (χ4n) is 3.98. The van der Waals surface area contributed by atoms with E-state index in [1.165, 1.54) is 0 Å². The highest BCUT2D eigenvalue weighted by Crippen LogP contribution is 2.40. The van der Waals surface area contributed by atoms with Crippen molar-refractivity contribution < 1.29 is 14.3 Å². The number of carbonyl (C=O) groups is 1. The Morgan fingerprint density at radius 2 is 1.97 bits per heavy atom. The van der Waals surface area contributed by atoms with Crippen molar-refractivity contribution in [3.8, 4) is 11.5 Å². The van der Waals surface area contributed by atoms with Crippen LogP contribution in [0.1, 0.15) is 70.9 Å². The van der Waals surface area contributed by atoms with Gasteiger partial charge in [0.2, 0.25) is 0 Å². The highest BCUT2D eigenvalue weighted by Gasteiger charge is 2.37. The number of hydrogen-bond donors (Lipinski definition) is 1. The van der Waals surface area contributed by atoms with Crippen LogP contribution in [0.5, 0.6) is 11.5 Å². The lowest BCUT2D eigenvalue weighted by Crippen LogP contribution is -2.49. The van der Waals surface area contributed by atoms with E-state index in [1.54, 1.807) is 0 Å². The number of ketones is 1. The maximum atomic E-state index is 12.9. The van der Waals surface area contributed by atoms with Gasteiger partial charge in [0.05, 0.1) is 19.3 Å². The minimum Gasteiger partial charge on any atom is -0.490 e. The molecule has 0 radical (unpaired) electrons. The number of nitrogens with one attached hydrogen (secondary N) is 1. The summed E-state index contributed by atoms with van der Waals surface area (Å²) in [7, 11) is 0. The van der Waals surface area contributed by atoms with E-state index in [1.807, 2.05) is 25.1 Å². The van der Waals surface area contributed by atoms with Crippen molar-refractivity contribution in [2.24, 2.45) is 0 Å². The maximum Gasteiger partial charge on any atom is 0.173 e. The third kappa shape index (κ3) is 4.74. The van der Waals surface area contributed by atoms with Crippen LogP contribution in [-0.2, 0) is 4.79 Å². The zero-order valence-corrected chi connectivity index (χ0v) is 18.6. The number of nitrogens with zero attached hydrogens (tertiary/aromatic N) is 1. The topological polar surface area (TPSA) is 50.8 Å². The molecule has 158 valence electrons. The molecule has 0 saturated carbocycles. The van der Waals surface area contributed by atoms with Gasteiger partial charge in [-0.05, 0) is 62.5 Å². The average Bonchev–Trinajstić information content (AvgIpc) is 2.71. The molecule has 0 saturated heterocycles. The minimum absolute atomic E-state index is 0.216. The molecule has 0 bridgehead atoms. The van der Waals surface area contributed by atoms with Crippen LogP contribution in [0.4, 0.5) is 0 Å². The Balaban J connectivity index is 1.97. The second kappa shape index (κ2) is 10.1. The molecule has 0 amide bonds. The summed E-state index contributed by atoms with van der Waals surface area (Å²) >= 11 is 5.67. The summed E-state index contributed by atoms with van der Waals surface area (Å²) in [5, 5.41) is 4.12. The fourth-order valence-corrected chi connectivity index (χ4v) is 4.30. The molecule has 1 N–H and O–H groups in total. The summed E-state index contributed by atoms with van der Waals surface area (Å²) in [5.41, 5.74) is 2.94. The van der Waals surface area contributed by atoms with E-state index in [9.17, 15) is 4.79 Å². The number of benzene rings is 1. The number of Topliss-reactive ketones (excluding diaryl/α,β-unsaturated/α-hetero) is 1. The number of thiocarbonyl (C=S) groups is 1. The largest absolute Gasteiger partial charge is 0.490 e. The van der Waals surface area contributed by atoms with Crippen LogP contribution in [-0.4, -0.2) is 35.6 Å². The van der Waals surface area contributed by atoms with E-state index in [0.717, 1.165) is 67.0 Å². The smallest absolute Gasteiger partial charge is 0.173 e. The lowest BCUT2D eigenvalue weighted by atomic mass is 9.84. The number of ether oxygens (including phenoxy) is 2. The van der Waals surface area contributed by atoms with Gasteiger partial charge < -0.3 is 19.7 Å². The van der Waals surface area contributed by atoms with Crippen molar-refractivity contribution in [2.45, 2.75) is 65.3 Å². The van der Waals surface area contributed by atoms with Crippen LogP contribution in [0.2, 0.25) is 0 Å². The van der Waals surface area contributed by atoms with Crippen LogP contribution in [0.25, 0.3) is 0 Å².